The lowest BCUT2D eigenvalue weighted by molar-refractivity contribution is 0.167. The molecule has 0 amide bonds. The van der Waals surface area contributed by atoms with Crippen LogP contribution in [0.15, 0.2) is 0 Å². The average Bonchev–Trinajstić information content (AvgIpc) is 1.47. The van der Waals surface area contributed by atoms with Crippen molar-refractivity contribution in [1.29, 1.82) is 0 Å². The van der Waals surface area contributed by atoms with E-state index in [1.165, 1.54) is 364 Å². The molecule has 31 rings (SSSR count). The highest BCUT2D eigenvalue weighted by Crippen LogP contribution is 2.71. The summed E-state index contributed by atoms with van der Waals surface area (Å²) >= 11 is 0. The number of aliphatic hydroxyl groups excluding tert-OH is 1. The Bertz CT molecular complexity index is 4450. The average molecular weight is 1790 g/mol. The fraction of sp³-hybridized carbons (Fsp3) is 0.903. The second kappa shape index (κ2) is 39.1. The molecule has 21 aliphatic carbocycles. The summed E-state index contributed by atoms with van der Waals surface area (Å²) in [4.78, 5) is 12.6. The highest BCUT2D eigenvalue weighted by Gasteiger charge is 2.66. The summed E-state index contributed by atoms with van der Waals surface area (Å²) in [6.45, 7) is 26.6. The van der Waals surface area contributed by atoms with Crippen LogP contribution in [-0.2, 0) is 58.5 Å². The van der Waals surface area contributed by atoms with Crippen molar-refractivity contribution in [2.45, 2.75) is 342 Å². The van der Waals surface area contributed by atoms with Gasteiger partial charge in [0, 0.05) is 113 Å². The summed E-state index contributed by atoms with van der Waals surface area (Å²) < 4.78 is 47.4. The van der Waals surface area contributed by atoms with Gasteiger partial charge in [0.15, 0.2) is 0 Å². The smallest absolute Gasteiger partial charge is 0.317 e. The van der Waals surface area contributed by atoms with Crippen LogP contribution in [0.2, 0.25) is 0 Å². The highest BCUT2D eigenvalue weighted by molar-refractivity contribution is 5.31. The number of ether oxygens (including phenoxy) is 6. The van der Waals surface area contributed by atoms with E-state index in [4.69, 9.17) is 48.8 Å². The molecular formula is C103H164N20O7. The molecule has 27 nitrogen and oxygen atoms in total. The Morgan fingerprint density at radius 2 is 0.546 bits per heavy atom. The summed E-state index contributed by atoms with van der Waals surface area (Å²) in [5, 5.41) is 55.5. The molecule has 0 spiro atoms. The Labute approximate surface area is 776 Å². The number of aromatic nitrogens is 15. The minimum Gasteiger partial charge on any atom is -0.462 e. The lowest BCUT2D eigenvalue weighted by Gasteiger charge is -2.32. The summed E-state index contributed by atoms with van der Waals surface area (Å²) in [5.41, 5.74) is 1.51. The lowest BCUT2D eigenvalue weighted by atomic mass is 9.75. The van der Waals surface area contributed by atoms with Gasteiger partial charge < -0.3 is 33.5 Å². The summed E-state index contributed by atoms with van der Waals surface area (Å²) in [5.74, 6) is 19.7. The standard InChI is InChI=1S/C22H36N4O2.C21H34N4O2.C21H32N4O.C20H32N4O.C19H30N4O/c1-27-10-5-8-26-20(22-15-17-12-18(16-22)14-19(22)13-17)23-24-21(26)28-11-9-25-6-3-2-4-7-25;26-9-4-7-25-19(21-14-16-11-17(15-21)13-18(21)12-16)22-23-20(25)27-10-8-24-5-2-1-3-6-24;1-2-6-24(7-3-1)8-9-26-20-23-22-19(25(20)18-4-5-18)21-13-15-10-16(14-21)12-17(21)11-15;1-2-24-18(20-13-15-10-16(14-20)12-17(20)11-15)21-22-19(24)25-9-8-23-6-4-3-5-7-23;1-22-17(19-12-14-9-15(13-19)11-16(19)10-14)20-21-18(22)24-8-7-23-5-3-2-4-6-23/h17-19H,2-16H2,1H3;16-18,26H,1-15H2;15-18H,1-14H2;15-17H,2-14H2,1H3;14-16H,2-13H2,1H3. The molecule has 26 fully saturated rings. The van der Waals surface area contributed by atoms with Crippen LogP contribution in [0.5, 0.6) is 30.1 Å². The van der Waals surface area contributed by atoms with Gasteiger partial charge in [0.25, 0.3) is 0 Å². The van der Waals surface area contributed by atoms with Gasteiger partial charge in [0.05, 0.1) is 0 Å². The van der Waals surface area contributed by atoms with E-state index in [9.17, 15) is 5.11 Å². The zero-order valence-corrected chi connectivity index (χ0v) is 80.4. The molecule has 27 heteroatoms. The van der Waals surface area contributed by atoms with Gasteiger partial charge in [-0.15, -0.1) is 25.5 Å². The minimum absolute atomic E-state index is 0.201. The largest absolute Gasteiger partial charge is 0.462 e. The van der Waals surface area contributed by atoms with Crippen LogP contribution in [0.1, 0.15) is 325 Å². The topological polar surface area (TPSA) is 245 Å². The molecular weight excluding hydrogens is 1630 g/mol. The minimum atomic E-state index is 0.201. The lowest BCUT2D eigenvalue weighted by Crippen LogP contribution is -2.34. The van der Waals surface area contributed by atoms with Crippen LogP contribution in [0.4, 0.5) is 0 Å². The highest BCUT2D eigenvalue weighted by atomic mass is 16.5. The van der Waals surface area contributed by atoms with Crippen LogP contribution >= 0.6 is 0 Å². The van der Waals surface area contributed by atoms with E-state index >= 15 is 0 Å². The number of aliphatic hydroxyl groups is 1. The molecule has 10 unspecified atom stereocenters. The van der Waals surface area contributed by atoms with E-state index in [0.29, 0.717) is 41.5 Å². The maximum absolute atomic E-state index is 9.39. The van der Waals surface area contributed by atoms with E-state index < -0.39 is 0 Å². The first-order chi connectivity index (χ1) is 63.9. The van der Waals surface area contributed by atoms with Gasteiger partial charge in [-0.25, -0.2) is 0 Å². The third kappa shape index (κ3) is 17.9. The number of likely N-dealkylation sites (tertiary alicyclic amines) is 5. The Morgan fingerprint density at radius 3 is 0.862 bits per heavy atom. The van der Waals surface area contributed by atoms with E-state index in [1.54, 1.807) is 7.11 Å². The third-order valence-electron chi connectivity index (χ3n) is 38.8. The molecule has 26 aliphatic rings. The van der Waals surface area contributed by atoms with Crippen molar-refractivity contribution < 1.29 is 33.5 Å². The normalized spacial score (nSPS) is 36.7. The fourth-order valence-electron chi connectivity index (χ4n) is 33.9. The fourth-order valence-corrected chi connectivity index (χ4v) is 33.9. The zero-order chi connectivity index (χ0) is 87.4. The number of methoxy groups -OCH3 is 1. The maximum atomic E-state index is 9.39. The van der Waals surface area contributed by atoms with Crippen molar-refractivity contribution in [3.05, 3.63) is 29.1 Å². The molecule has 718 valence electrons. The van der Waals surface area contributed by atoms with Crippen LogP contribution in [0.3, 0.4) is 0 Å². The quantitative estimate of drug-likeness (QED) is 0.0376. The molecule has 130 heavy (non-hydrogen) atoms. The second-order valence-electron chi connectivity index (χ2n) is 46.9. The first kappa shape index (κ1) is 89.6. The first-order valence-electron chi connectivity index (χ1n) is 54.4. The summed E-state index contributed by atoms with van der Waals surface area (Å²) in [7, 11) is 3.89. The Kier molecular flexibility index (Phi) is 27.0. The van der Waals surface area contributed by atoms with Gasteiger partial charge in [-0.05, 0) is 412 Å². The number of hydrogen-bond donors (Lipinski definition) is 1. The maximum Gasteiger partial charge on any atom is 0.317 e. The van der Waals surface area contributed by atoms with Crippen LogP contribution in [0, 0.1) is 88.8 Å². The van der Waals surface area contributed by atoms with Crippen molar-refractivity contribution in [3.8, 4) is 30.1 Å². The number of hydrogen-bond acceptors (Lipinski definition) is 22. The SMILES string of the molecule is C1CCN(CCOc2nnc(C34CC5CC(CC3C5)C4)n2C2CC2)CC1.CCn1c(OCCN2CCCCC2)nnc1C12CC3CC(CC1C3)C2.COCCCn1c(OCCN2CCCCC2)nnc1C12CC3CC(CC1C3)C2.Cn1c(OCCN2CCCCC2)nnc1C12CC3CC(CC1C3)C2.OCCCn1c(OCCN2CCCCC2)nnc1C12CC3CC(CC1C3)C2. The first-order valence-corrected chi connectivity index (χ1v) is 54.4. The summed E-state index contributed by atoms with van der Waals surface area (Å²) in [6.07, 6.45) is 59.3. The molecule has 5 saturated heterocycles. The molecule has 5 aromatic heterocycles. The number of rotatable bonds is 34. The zero-order valence-electron chi connectivity index (χ0n) is 80.4. The van der Waals surface area contributed by atoms with E-state index in [2.05, 4.69) is 91.9 Å². The van der Waals surface area contributed by atoms with Crippen molar-refractivity contribution in [1.82, 2.24) is 98.3 Å². The van der Waals surface area contributed by atoms with Gasteiger partial charge in [-0.3, -0.25) is 47.3 Å². The van der Waals surface area contributed by atoms with Crippen molar-refractivity contribution >= 4 is 0 Å². The summed E-state index contributed by atoms with van der Waals surface area (Å²) in [6, 6.07) is 4.33. The molecule has 10 heterocycles. The molecule has 5 aliphatic heterocycles. The molecule has 0 aromatic carbocycles. The molecule has 0 radical (unpaired) electrons. The van der Waals surface area contributed by atoms with Crippen molar-refractivity contribution in [2.24, 2.45) is 95.8 Å². The van der Waals surface area contributed by atoms with Gasteiger partial charge in [-0.1, -0.05) is 57.6 Å². The van der Waals surface area contributed by atoms with Crippen LogP contribution in [-0.4, -0.2) is 255 Å². The van der Waals surface area contributed by atoms with Crippen molar-refractivity contribution in [2.75, 3.05) is 152 Å². The van der Waals surface area contributed by atoms with Crippen LogP contribution in [0.25, 0.3) is 0 Å². The van der Waals surface area contributed by atoms with Gasteiger partial charge in [-0.2, -0.15) is 0 Å². The Morgan fingerprint density at radius 1 is 0.285 bits per heavy atom. The van der Waals surface area contributed by atoms with E-state index in [-0.39, 0.29) is 17.4 Å². The monoisotopic (exact) mass is 1790 g/mol. The predicted molar refractivity (Wildman–Crippen MR) is 498 cm³/mol. The predicted octanol–water partition coefficient (Wildman–Crippen LogP) is 15.4. The Hall–Kier alpha value is -5.58. The van der Waals surface area contributed by atoms with Crippen LogP contribution < -0.4 is 23.7 Å². The van der Waals surface area contributed by atoms with E-state index in [1.807, 2.05) is 0 Å². The van der Waals surface area contributed by atoms with Gasteiger partial charge >= 0.3 is 30.1 Å². The van der Waals surface area contributed by atoms with Crippen molar-refractivity contribution in [3.63, 3.8) is 0 Å². The molecule has 20 bridgehead atoms. The van der Waals surface area contributed by atoms with Gasteiger partial charge in [0.2, 0.25) is 0 Å². The number of nitrogens with zero attached hydrogens (tertiary/aromatic N) is 20. The van der Waals surface area contributed by atoms with Gasteiger partial charge in [0.1, 0.15) is 62.2 Å². The molecule has 21 saturated carbocycles. The number of piperidine rings is 5. The third-order valence-corrected chi connectivity index (χ3v) is 38.8. The Balaban J connectivity index is 0.0000000954. The molecule has 5 aromatic rings. The molecule has 10 atom stereocenters. The molecule has 1 N–H and O–H groups in total. The second-order valence-corrected chi connectivity index (χ2v) is 46.9. The van der Waals surface area contributed by atoms with E-state index in [0.717, 1.165) is 204 Å².